The third-order valence-corrected chi connectivity index (χ3v) is 2.50. The van der Waals surface area contributed by atoms with Crippen molar-refractivity contribution < 1.29 is 4.79 Å². The Labute approximate surface area is 101 Å². The maximum absolute atomic E-state index is 10.2. The van der Waals surface area contributed by atoms with Crippen LogP contribution in [-0.2, 0) is 11.2 Å². The van der Waals surface area contributed by atoms with Crippen molar-refractivity contribution in [2.24, 2.45) is 0 Å². The van der Waals surface area contributed by atoms with Crippen molar-refractivity contribution in [1.82, 2.24) is 9.97 Å². The Morgan fingerprint density at radius 3 is 2.71 bits per heavy atom. The van der Waals surface area contributed by atoms with Crippen LogP contribution >= 0.6 is 0 Å². The van der Waals surface area contributed by atoms with Crippen molar-refractivity contribution in [3.8, 4) is 11.3 Å². The maximum Gasteiger partial charge on any atom is 0.128 e. The second-order valence-electron chi connectivity index (χ2n) is 3.78. The molecule has 0 unspecified atom stereocenters. The molecule has 2 rings (SSSR count). The van der Waals surface area contributed by atoms with Gasteiger partial charge in [-0.1, -0.05) is 30.3 Å². The lowest BCUT2D eigenvalue weighted by Gasteiger charge is -2.02. The zero-order valence-electron chi connectivity index (χ0n) is 9.54. The van der Waals surface area contributed by atoms with E-state index in [2.05, 4.69) is 9.97 Å². The van der Waals surface area contributed by atoms with Crippen LogP contribution < -0.4 is 0 Å². The van der Waals surface area contributed by atoms with Gasteiger partial charge in [-0.2, -0.15) is 0 Å². The number of rotatable bonds is 5. The molecule has 0 radical (unpaired) electrons. The van der Waals surface area contributed by atoms with Gasteiger partial charge < -0.3 is 4.79 Å². The van der Waals surface area contributed by atoms with Crippen molar-refractivity contribution in [1.29, 1.82) is 0 Å². The average molecular weight is 226 g/mol. The van der Waals surface area contributed by atoms with E-state index >= 15 is 0 Å². The Morgan fingerprint density at radius 2 is 1.94 bits per heavy atom. The van der Waals surface area contributed by atoms with Crippen molar-refractivity contribution in [3.63, 3.8) is 0 Å². The Morgan fingerprint density at radius 1 is 1.12 bits per heavy atom. The molecule has 0 saturated heterocycles. The van der Waals surface area contributed by atoms with Gasteiger partial charge in [0.05, 0.1) is 5.69 Å². The SMILES string of the molecule is O=CCCCc1nccc(-c2ccccc2)n1. The predicted octanol–water partition coefficient (Wildman–Crippen LogP) is 2.67. The highest BCUT2D eigenvalue weighted by Crippen LogP contribution is 2.15. The van der Waals surface area contributed by atoms with Gasteiger partial charge >= 0.3 is 0 Å². The number of aldehydes is 1. The van der Waals surface area contributed by atoms with Crippen molar-refractivity contribution >= 4 is 6.29 Å². The molecule has 17 heavy (non-hydrogen) atoms. The van der Waals surface area contributed by atoms with Crippen molar-refractivity contribution in [2.75, 3.05) is 0 Å². The van der Waals surface area contributed by atoms with Crippen LogP contribution in [0, 0.1) is 0 Å². The molecular weight excluding hydrogens is 212 g/mol. The van der Waals surface area contributed by atoms with Gasteiger partial charge in [0.2, 0.25) is 0 Å². The van der Waals surface area contributed by atoms with Gasteiger partial charge in [0.1, 0.15) is 12.1 Å². The van der Waals surface area contributed by atoms with Crippen molar-refractivity contribution in [3.05, 3.63) is 48.4 Å². The molecule has 0 atom stereocenters. The lowest BCUT2D eigenvalue weighted by atomic mass is 10.1. The number of nitrogens with zero attached hydrogens (tertiary/aromatic N) is 2. The molecule has 86 valence electrons. The van der Waals surface area contributed by atoms with E-state index in [0.717, 1.165) is 36.2 Å². The summed E-state index contributed by atoms with van der Waals surface area (Å²) in [6.07, 6.45) is 4.83. The molecule has 0 aliphatic heterocycles. The largest absolute Gasteiger partial charge is 0.303 e. The first-order valence-corrected chi connectivity index (χ1v) is 5.71. The lowest BCUT2D eigenvalue weighted by molar-refractivity contribution is -0.107. The zero-order valence-corrected chi connectivity index (χ0v) is 9.54. The Bertz CT molecular complexity index is 483. The fourth-order valence-corrected chi connectivity index (χ4v) is 1.63. The highest BCUT2D eigenvalue weighted by atomic mass is 16.1. The molecule has 0 aliphatic rings. The fraction of sp³-hybridized carbons (Fsp3) is 0.214. The van der Waals surface area contributed by atoms with Gasteiger partial charge in [0.15, 0.2) is 0 Å². The highest BCUT2D eigenvalue weighted by molar-refractivity contribution is 5.58. The van der Waals surface area contributed by atoms with E-state index in [4.69, 9.17) is 0 Å². The Balaban J connectivity index is 2.14. The lowest BCUT2D eigenvalue weighted by Crippen LogP contribution is -1.96. The maximum atomic E-state index is 10.2. The number of benzene rings is 1. The summed E-state index contributed by atoms with van der Waals surface area (Å²) >= 11 is 0. The number of hydrogen-bond donors (Lipinski definition) is 0. The molecule has 3 heteroatoms. The second-order valence-corrected chi connectivity index (χ2v) is 3.78. The summed E-state index contributed by atoms with van der Waals surface area (Å²) in [7, 11) is 0. The summed E-state index contributed by atoms with van der Waals surface area (Å²) < 4.78 is 0. The first kappa shape index (κ1) is 11.5. The van der Waals surface area contributed by atoms with E-state index in [-0.39, 0.29) is 0 Å². The minimum absolute atomic E-state index is 0.568. The number of hydrogen-bond acceptors (Lipinski definition) is 3. The van der Waals surface area contributed by atoms with E-state index in [1.54, 1.807) is 6.20 Å². The minimum Gasteiger partial charge on any atom is -0.303 e. The number of carbonyl (C=O) groups excluding carboxylic acids is 1. The first-order valence-electron chi connectivity index (χ1n) is 5.71. The fourth-order valence-electron chi connectivity index (χ4n) is 1.63. The average Bonchev–Trinajstić information content (AvgIpc) is 2.41. The van der Waals surface area contributed by atoms with E-state index < -0.39 is 0 Å². The zero-order chi connectivity index (χ0) is 11.9. The van der Waals surface area contributed by atoms with Crippen LogP contribution in [0.4, 0.5) is 0 Å². The highest BCUT2D eigenvalue weighted by Gasteiger charge is 2.01. The molecule has 0 N–H and O–H groups in total. The molecule has 2 aromatic rings. The topological polar surface area (TPSA) is 42.9 Å². The molecule has 0 saturated carbocycles. The molecule has 0 spiro atoms. The molecule has 1 aromatic carbocycles. The summed E-state index contributed by atoms with van der Waals surface area (Å²) in [4.78, 5) is 18.9. The third kappa shape index (κ3) is 3.21. The van der Waals surface area contributed by atoms with Gasteiger partial charge in [-0.15, -0.1) is 0 Å². The summed E-state index contributed by atoms with van der Waals surface area (Å²) in [5.74, 6) is 0.799. The molecule has 0 aliphatic carbocycles. The predicted molar refractivity (Wildman–Crippen MR) is 66.5 cm³/mol. The second kappa shape index (κ2) is 5.89. The van der Waals surface area contributed by atoms with Crippen LogP contribution in [0.15, 0.2) is 42.6 Å². The quantitative estimate of drug-likeness (QED) is 0.581. The van der Waals surface area contributed by atoms with Gasteiger partial charge in [-0.25, -0.2) is 9.97 Å². The van der Waals surface area contributed by atoms with Crippen molar-refractivity contribution in [2.45, 2.75) is 19.3 Å². The summed E-state index contributed by atoms with van der Waals surface area (Å²) in [6, 6.07) is 11.9. The number of aromatic nitrogens is 2. The number of carbonyl (C=O) groups is 1. The van der Waals surface area contributed by atoms with E-state index in [1.807, 2.05) is 36.4 Å². The van der Waals surface area contributed by atoms with E-state index in [9.17, 15) is 4.79 Å². The molecule has 0 amide bonds. The monoisotopic (exact) mass is 226 g/mol. The molecule has 1 heterocycles. The van der Waals surface area contributed by atoms with Gasteiger partial charge in [0, 0.05) is 24.6 Å². The minimum atomic E-state index is 0.568. The molecule has 0 bridgehead atoms. The van der Waals surface area contributed by atoms with Crippen LogP contribution in [0.5, 0.6) is 0 Å². The van der Waals surface area contributed by atoms with Gasteiger partial charge in [-0.05, 0) is 12.5 Å². The summed E-state index contributed by atoms with van der Waals surface area (Å²) in [6.45, 7) is 0. The van der Waals surface area contributed by atoms with Crippen LogP contribution in [-0.4, -0.2) is 16.3 Å². The normalized spacial score (nSPS) is 10.1. The van der Waals surface area contributed by atoms with Gasteiger partial charge in [0.25, 0.3) is 0 Å². The third-order valence-electron chi connectivity index (χ3n) is 2.50. The van der Waals surface area contributed by atoms with Crippen LogP contribution in [0.3, 0.4) is 0 Å². The number of unbranched alkanes of at least 4 members (excludes halogenated alkanes) is 1. The van der Waals surface area contributed by atoms with Crippen LogP contribution in [0.1, 0.15) is 18.7 Å². The first-order chi connectivity index (χ1) is 8.40. The standard InChI is InChI=1S/C14H14N2O/c17-11-5-4-8-14-15-10-9-13(16-14)12-6-2-1-3-7-12/h1-3,6-7,9-11H,4-5,8H2. The van der Waals surface area contributed by atoms with Gasteiger partial charge in [-0.3, -0.25) is 0 Å². The molecular formula is C14H14N2O. The number of aryl methyl sites for hydroxylation is 1. The van der Waals surface area contributed by atoms with E-state index in [1.165, 1.54) is 0 Å². The molecule has 0 fully saturated rings. The summed E-state index contributed by atoms with van der Waals surface area (Å²) in [5, 5.41) is 0. The van der Waals surface area contributed by atoms with E-state index in [0.29, 0.717) is 6.42 Å². The van der Waals surface area contributed by atoms with Crippen LogP contribution in [0.25, 0.3) is 11.3 Å². The summed E-state index contributed by atoms with van der Waals surface area (Å²) in [5.41, 5.74) is 2.02. The molecule has 1 aromatic heterocycles. The Hall–Kier alpha value is -2.03. The Kier molecular flexibility index (Phi) is 3.97. The van der Waals surface area contributed by atoms with Crippen LogP contribution in [0.2, 0.25) is 0 Å². The smallest absolute Gasteiger partial charge is 0.128 e. The molecule has 3 nitrogen and oxygen atoms in total.